The van der Waals surface area contributed by atoms with E-state index in [1.165, 1.54) is 18.3 Å². The number of aromatic nitrogens is 2. The number of piperidine rings is 1. The van der Waals surface area contributed by atoms with Crippen molar-refractivity contribution in [1.29, 1.82) is 0 Å². The molecule has 1 aliphatic rings. The third-order valence-corrected chi connectivity index (χ3v) is 6.12. The van der Waals surface area contributed by atoms with Crippen molar-refractivity contribution in [2.75, 3.05) is 13.1 Å². The average Bonchev–Trinajstić information content (AvgIpc) is 2.86. The Morgan fingerprint density at radius 2 is 1.92 bits per heavy atom. The van der Waals surface area contributed by atoms with E-state index >= 15 is 0 Å². The highest BCUT2D eigenvalue weighted by molar-refractivity contribution is 6.00. The summed E-state index contributed by atoms with van der Waals surface area (Å²) in [5.41, 5.74) is 12.6. The normalized spacial score (nSPS) is 15.5. The molecule has 0 spiro atoms. The molecule has 4 rings (SSSR count). The highest BCUT2D eigenvalue weighted by atomic mass is 19.1. The first-order chi connectivity index (χ1) is 18.1. The molecule has 0 saturated carbocycles. The Bertz CT molecular complexity index is 1380. The number of carbonyl (C=O) groups is 1. The van der Waals surface area contributed by atoms with Gasteiger partial charge in [0, 0.05) is 28.8 Å². The van der Waals surface area contributed by atoms with Gasteiger partial charge in [-0.25, -0.2) is 4.39 Å². The maximum atomic E-state index is 14.8. The number of carbonyl (C=O) groups excluding carboxylic acids is 1. The molecule has 0 unspecified atom stereocenters. The van der Waals surface area contributed by atoms with Gasteiger partial charge in [0.2, 0.25) is 0 Å². The number of nitrogens with two attached hydrogens (primary N) is 2. The van der Waals surface area contributed by atoms with Crippen LogP contribution in [0.5, 0.6) is 17.2 Å². The fraction of sp³-hybridized carbons (Fsp3) is 0.357. The second kappa shape index (κ2) is 11.6. The minimum absolute atomic E-state index is 0.0455. The van der Waals surface area contributed by atoms with Crippen molar-refractivity contribution in [2.45, 2.75) is 46.1 Å². The zero-order valence-electron chi connectivity index (χ0n) is 21.8. The van der Waals surface area contributed by atoms with Crippen LogP contribution in [0.25, 0.3) is 10.9 Å². The van der Waals surface area contributed by atoms with Crippen molar-refractivity contribution in [3.8, 4) is 17.2 Å². The molecule has 0 radical (unpaired) electrons. The molecule has 2 aromatic heterocycles. The van der Waals surface area contributed by atoms with Gasteiger partial charge < -0.3 is 26.3 Å². The number of amides is 1. The van der Waals surface area contributed by atoms with Crippen molar-refractivity contribution >= 4 is 22.6 Å². The second-order valence-corrected chi connectivity index (χ2v) is 10.2. The monoisotopic (exact) mass is 520 g/mol. The maximum Gasteiger partial charge on any atom is 0.253 e. The first kappa shape index (κ1) is 27.0. The second-order valence-electron chi connectivity index (χ2n) is 10.2. The number of nitrogens with zero attached hydrogens (tertiary/aromatic N) is 3. The van der Waals surface area contributed by atoms with Crippen molar-refractivity contribution < 1.29 is 18.7 Å². The lowest BCUT2D eigenvalue weighted by atomic mass is 9.92. The molecule has 1 fully saturated rings. The number of benzene rings is 1. The maximum absolute atomic E-state index is 14.8. The predicted molar refractivity (Wildman–Crippen MR) is 145 cm³/mol. The summed E-state index contributed by atoms with van der Waals surface area (Å²) in [6.45, 7) is 7.59. The van der Waals surface area contributed by atoms with Gasteiger partial charge in [-0.05, 0) is 56.3 Å². The Kier molecular flexibility index (Phi) is 8.21. The number of allylic oxidation sites excluding steroid dienone is 1. The lowest BCUT2D eigenvalue weighted by Crippen LogP contribution is -2.34. The molecule has 0 aliphatic carbocycles. The molecule has 200 valence electrons. The number of halogens is 1. The van der Waals surface area contributed by atoms with Crippen LogP contribution in [0, 0.1) is 11.2 Å². The first-order valence-electron chi connectivity index (χ1n) is 12.5. The van der Waals surface area contributed by atoms with E-state index in [0.717, 1.165) is 37.1 Å². The molecule has 1 aliphatic heterocycles. The number of pyridine rings is 2. The minimum atomic E-state index is -0.692. The van der Waals surface area contributed by atoms with E-state index in [1.807, 2.05) is 39.0 Å². The van der Waals surface area contributed by atoms with Crippen LogP contribution in [-0.4, -0.2) is 40.9 Å². The van der Waals surface area contributed by atoms with Gasteiger partial charge >= 0.3 is 0 Å². The molecule has 5 N–H and O–H groups in total. The first-order valence-corrected chi connectivity index (χ1v) is 12.5. The molecular formula is C28H33FN6O3. The Labute approximate surface area is 221 Å². The summed E-state index contributed by atoms with van der Waals surface area (Å²) in [5, 5.41) is 4.05. The van der Waals surface area contributed by atoms with Crippen LogP contribution < -0.4 is 26.3 Å². The number of hydrogen-bond donors (Lipinski definition) is 3. The summed E-state index contributed by atoms with van der Waals surface area (Å²) in [7, 11) is 0. The van der Waals surface area contributed by atoms with Gasteiger partial charge in [-0.15, -0.1) is 0 Å². The summed E-state index contributed by atoms with van der Waals surface area (Å²) in [5.74, 6) is 0.0101. The molecule has 3 aromatic rings. The highest BCUT2D eigenvalue weighted by Gasteiger charge is 2.17. The summed E-state index contributed by atoms with van der Waals surface area (Å²) < 4.78 is 26.9. The lowest BCUT2D eigenvalue weighted by Gasteiger charge is -2.24. The minimum Gasteiger partial charge on any atom is -0.490 e. The van der Waals surface area contributed by atoms with Gasteiger partial charge in [0.1, 0.15) is 35.0 Å². The summed E-state index contributed by atoms with van der Waals surface area (Å²) in [4.78, 5) is 24.5. The number of hydrogen-bond acceptors (Lipinski definition) is 7. The van der Waals surface area contributed by atoms with E-state index < -0.39 is 11.7 Å². The summed E-state index contributed by atoms with van der Waals surface area (Å²) in [6.07, 6.45) is 6.08. The Balaban J connectivity index is 1.47. The van der Waals surface area contributed by atoms with Crippen molar-refractivity contribution in [3.63, 3.8) is 0 Å². The number of nitrogens with one attached hydrogen (secondary N) is 1. The average molecular weight is 521 g/mol. The number of fused-ring (bicyclic) bond motifs is 1. The van der Waals surface area contributed by atoms with Crippen LogP contribution >= 0.6 is 0 Å². The van der Waals surface area contributed by atoms with Crippen LogP contribution in [0.15, 0.2) is 59.5 Å². The molecule has 3 heterocycles. The van der Waals surface area contributed by atoms with Crippen molar-refractivity contribution in [2.24, 2.45) is 21.9 Å². The topological polar surface area (TPSA) is 138 Å². The van der Waals surface area contributed by atoms with Gasteiger partial charge in [-0.1, -0.05) is 20.8 Å². The van der Waals surface area contributed by atoms with Crippen LogP contribution in [0.3, 0.4) is 0 Å². The number of rotatable bonds is 7. The van der Waals surface area contributed by atoms with Gasteiger partial charge in [0.05, 0.1) is 23.8 Å². The quantitative estimate of drug-likeness (QED) is 0.314. The van der Waals surface area contributed by atoms with Crippen molar-refractivity contribution in [3.05, 3.63) is 66.0 Å². The van der Waals surface area contributed by atoms with E-state index in [0.29, 0.717) is 17.0 Å². The molecule has 38 heavy (non-hydrogen) atoms. The molecule has 0 atom stereocenters. The molecule has 9 nitrogen and oxygen atoms in total. The lowest BCUT2D eigenvalue weighted by molar-refractivity contribution is -0.117. The third kappa shape index (κ3) is 7.04. The van der Waals surface area contributed by atoms with Gasteiger partial charge in [-0.2, -0.15) is 4.99 Å². The molecule has 1 aromatic carbocycles. The van der Waals surface area contributed by atoms with E-state index in [2.05, 4.69) is 20.3 Å². The SMILES string of the molecule is CC(C)(C)/C(N)=C/C(N)=NC(=O)Cc1ncc(Oc2ccnc3ccc(OC4CCNCC4)cc23)cc1F. The van der Waals surface area contributed by atoms with Crippen LogP contribution in [0.2, 0.25) is 0 Å². The predicted octanol–water partition coefficient (Wildman–Crippen LogP) is 4.01. The Morgan fingerprint density at radius 3 is 2.63 bits per heavy atom. The largest absolute Gasteiger partial charge is 0.490 e. The number of aliphatic imine (C=N–C) groups is 1. The number of amidine groups is 1. The summed E-state index contributed by atoms with van der Waals surface area (Å²) >= 11 is 0. The molecule has 0 bridgehead atoms. The zero-order valence-corrected chi connectivity index (χ0v) is 21.8. The molecule has 10 heteroatoms. The Hall–Kier alpha value is -4.05. The molecular weight excluding hydrogens is 487 g/mol. The third-order valence-electron chi connectivity index (χ3n) is 6.12. The van der Waals surface area contributed by atoms with E-state index in [9.17, 15) is 9.18 Å². The Morgan fingerprint density at radius 1 is 1.16 bits per heavy atom. The molecule has 1 amide bonds. The van der Waals surface area contributed by atoms with Crippen LogP contribution in [-0.2, 0) is 11.2 Å². The summed E-state index contributed by atoms with van der Waals surface area (Å²) in [6, 6.07) is 8.50. The van der Waals surface area contributed by atoms with Gasteiger partial charge in [-0.3, -0.25) is 14.8 Å². The van der Waals surface area contributed by atoms with E-state index in [4.69, 9.17) is 20.9 Å². The highest BCUT2D eigenvalue weighted by Crippen LogP contribution is 2.32. The fourth-order valence-electron chi connectivity index (χ4n) is 3.86. The van der Waals surface area contributed by atoms with Crippen molar-refractivity contribution in [1.82, 2.24) is 15.3 Å². The van der Waals surface area contributed by atoms with E-state index in [1.54, 1.807) is 12.3 Å². The van der Waals surface area contributed by atoms with Gasteiger partial charge in [0.25, 0.3) is 5.91 Å². The van der Waals surface area contributed by atoms with Gasteiger partial charge in [0.15, 0.2) is 0 Å². The standard InChI is InChI=1S/C28H33FN6O3/c1-28(2,3)25(30)15-26(31)35-27(36)14-23-21(29)13-19(16-34-23)38-24-8-11-33-22-5-4-18(12-20(22)24)37-17-6-9-32-10-7-17/h4-5,8,11-13,15-17,32H,6-7,9-10,14,30H2,1-3H3,(H2,31,35,36)/b25-15-. The van der Waals surface area contributed by atoms with Crippen LogP contribution in [0.4, 0.5) is 4.39 Å². The smallest absolute Gasteiger partial charge is 0.253 e. The zero-order chi connectivity index (χ0) is 27.3. The fourth-order valence-corrected chi connectivity index (χ4v) is 3.86. The number of ether oxygens (including phenoxy) is 2. The molecule has 1 saturated heterocycles. The van der Waals surface area contributed by atoms with E-state index in [-0.39, 0.29) is 35.2 Å². The van der Waals surface area contributed by atoms with Crippen LogP contribution in [0.1, 0.15) is 39.3 Å².